The van der Waals surface area contributed by atoms with E-state index < -0.39 is 29.7 Å². The number of hydrogen-bond acceptors (Lipinski definition) is 3. The minimum atomic E-state index is -1.81. The zero-order valence-corrected chi connectivity index (χ0v) is 6.53. The number of halogens is 1. The molecule has 62 valence electrons. The quantitative estimate of drug-likeness (QED) is 0.572. The van der Waals surface area contributed by atoms with Crippen molar-refractivity contribution in [3.8, 4) is 0 Å². The normalized spacial score (nSPS) is 20.0. The van der Waals surface area contributed by atoms with Crippen LogP contribution in [0.2, 0.25) is 0 Å². The third kappa shape index (κ3) is 3.24. The second kappa shape index (κ2) is 4.00. The average Bonchev–Trinajstić information content (AvgIpc) is 1.87. The Kier molecular flexibility index (Phi) is 4.00. The molecule has 0 saturated heterocycles. The summed E-state index contributed by atoms with van der Waals surface area (Å²) in [6.45, 7) is -1.76. The van der Waals surface area contributed by atoms with E-state index in [9.17, 15) is 8.60 Å². The SMILES string of the molecule is CS(=O)CC(O)(CO)CF. The Labute approximate surface area is 61.3 Å². The van der Waals surface area contributed by atoms with Gasteiger partial charge in [0.1, 0.15) is 12.3 Å². The lowest BCUT2D eigenvalue weighted by atomic mass is 10.1. The fraction of sp³-hybridized carbons (Fsp3) is 1.00. The Morgan fingerprint density at radius 3 is 2.30 bits per heavy atom. The first-order valence-corrected chi connectivity index (χ1v) is 4.46. The standard InChI is InChI=1S/C5H11FO3S/c1-10(9)4-5(8,2-6)3-7/h7-8H,2-4H2,1H3. The number of alkyl halides is 1. The molecule has 2 unspecified atom stereocenters. The van der Waals surface area contributed by atoms with E-state index in [0.717, 1.165) is 0 Å². The summed E-state index contributed by atoms with van der Waals surface area (Å²) >= 11 is 0. The van der Waals surface area contributed by atoms with Crippen LogP contribution in [0.1, 0.15) is 0 Å². The predicted octanol–water partition coefficient (Wildman–Crippen LogP) is -0.942. The van der Waals surface area contributed by atoms with Crippen LogP contribution in [0, 0.1) is 0 Å². The van der Waals surface area contributed by atoms with Crippen molar-refractivity contribution in [2.75, 3.05) is 25.3 Å². The van der Waals surface area contributed by atoms with E-state index >= 15 is 0 Å². The van der Waals surface area contributed by atoms with Crippen LogP contribution in [0.4, 0.5) is 4.39 Å². The van der Waals surface area contributed by atoms with Gasteiger partial charge in [-0.2, -0.15) is 0 Å². The molecule has 0 saturated carbocycles. The maximum Gasteiger partial charge on any atom is 0.127 e. The molecule has 0 radical (unpaired) electrons. The zero-order chi connectivity index (χ0) is 8.20. The van der Waals surface area contributed by atoms with Crippen LogP contribution in [0.3, 0.4) is 0 Å². The third-order valence-corrected chi connectivity index (χ3v) is 1.96. The summed E-state index contributed by atoms with van der Waals surface area (Å²) in [7, 11) is -1.28. The Morgan fingerprint density at radius 1 is 1.70 bits per heavy atom. The van der Waals surface area contributed by atoms with E-state index in [-0.39, 0.29) is 5.75 Å². The van der Waals surface area contributed by atoms with Crippen LogP contribution >= 0.6 is 0 Å². The molecule has 2 atom stereocenters. The van der Waals surface area contributed by atoms with Gasteiger partial charge in [0.25, 0.3) is 0 Å². The molecule has 0 aromatic carbocycles. The average molecular weight is 170 g/mol. The molecule has 0 aromatic heterocycles. The fourth-order valence-corrected chi connectivity index (χ4v) is 1.43. The van der Waals surface area contributed by atoms with Crippen molar-refractivity contribution in [1.29, 1.82) is 0 Å². The number of hydrogen-bond donors (Lipinski definition) is 2. The number of aliphatic hydroxyl groups is 2. The Hall–Kier alpha value is -0.0000000000000000555. The third-order valence-electron chi connectivity index (χ3n) is 1.01. The molecular weight excluding hydrogens is 159 g/mol. The van der Waals surface area contributed by atoms with Crippen LogP contribution in [-0.2, 0) is 10.8 Å². The molecule has 0 spiro atoms. The molecule has 0 bridgehead atoms. The molecule has 0 aliphatic carbocycles. The van der Waals surface area contributed by atoms with Gasteiger partial charge in [0.15, 0.2) is 0 Å². The first kappa shape index (κ1) is 10.0. The molecule has 10 heavy (non-hydrogen) atoms. The van der Waals surface area contributed by atoms with Crippen molar-refractivity contribution >= 4 is 10.8 Å². The molecule has 0 heterocycles. The monoisotopic (exact) mass is 170 g/mol. The molecule has 0 aromatic rings. The van der Waals surface area contributed by atoms with E-state index in [0.29, 0.717) is 0 Å². The van der Waals surface area contributed by atoms with Gasteiger partial charge in [0.05, 0.1) is 12.4 Å². The van der Waals surface area contributed by atoms with Gasteiger partial charge < -0.3 is 10.2 Å². The van der Waals surface area contributed by atoms with Crippen molar-refractivity contribution in [3.63, 3.8) is 0 Å². The molecule has 0 amide bonds. The first-order valence-electron chi connectivity index (χ1n) is 2.73. The lowest BCUT2D eigenvalue weighted by Crippen LogP contribution is -2.41. The summed E-state index contributed by atoms with van der Waals surface area (Å²) in [5, 5.41) is 17.4. The Balaban J connectivity index is 3.92. The highest BCUT2D eigenvalue weighted by atomic mass is 32.2. The lowest BCUT2D eigenvalue weighted by molar-refractivity contribution is -0.0133. The maximum atomic E-state index is 11.9. The van der Waals surface area contributed by atoms with Crippen molar-refractivity contribution < 1.29 is 18.8 Å². The van der Waals surface area contributed by atoms with Gasteiger partial charge in [-0.1, -0.05) is 0 Å². The van der Waals surface area contributed by atoms with E-state index in [1.807, 2.05) is 0 Å². The summed E-state index contributed by atoms with van der Waals surface area (Å²) in [4.78, 5) is 0. The summed E-state index contributed by atoms with van der Waals surface area (Å²) in [5.74, 6) is -0.222. The van der Waals surface area contributed by atoms with Crippen molar-refractivity contribution in [3.05, 3.63) is 0 Å². The summed E-state index contributed by atoms with van der Waals surface area (Å²) in [5.41, 5.74) is -1.81. The molecule has 0 rings (SSSR count). The molecule has 0 aliphatic rings. The zero-order valence-electron chi connectivity index (χ0n) is 5.71. The Bertz CT molecular complexity index is 124. The van der Waals surface area contributed by atoms with Crippen molar-refractivity contribution in [2.45, 2.75) is 5.60 Å². The molecule has 5 heteroatoms. The van der Waals surface area contributed by atoms with Gasteiger partial charge in [-0.3, -0.25) is 4.21 Å². The lowest BCUT2D eigenvalue weighted by Gasteiger charge is -2.19. The van der Waals surface area contributed by atoms with Gasteiger partial charge in [-0.15, -0.1) is 0 Å². The highest BCUT2D eigenvalue weighted by Crippen LogP contribution is 2.05. The number of rotatable bonds is 4. The van der Waals surface area contributed by atoms with Gasteiger partial charge in [-0.25, -0.2) is 4.39 Å². The van der Waals surface area contributed by atoms with Crippen LogP contribution in [0.5, 0.6) is 0 Å². The highest BCUT2D eigenvalue weighted by molar-refractivity contribution is 7.84. The molecular formula is C5H11FO3S. The predicted molar refractivity (Wildman–Crippen MR) is 36.9 cm³/mol. The van der Waals surface area contributed by atoms with Gasteiger partial charge in [0, 0.05) is 17.1 Å². The smallest absolute Gasteiger partial charge is 0.127 e. The van der Waals surface area contributed by atoms with Gasteiger partial charge in [0.2, 0.25) is 0 Å². The first-order chi connectivity index (χ1) is 4.54. The van der Waals surface area contributed by atoms with Gasteiger partial charge in [-0.05, 0) is 0 Å². The van der Waals surface area contributed by atoms with E-state index in [1.54, 1.807) is 0 Å². The second-order valence-electron chi connectivity index (χ2n) is 2.23. The molecule has 0 fully saturated rings. The topological polar surface area (TPSA) is 57.5 Å². The minimum absolute atomic E-state index is 0.222. The van der Waals surface area contributed by atoms with Gasteiger partial charge >= 0.3 is 0 Å². The Morgan fingerprint density at radius 2 is 2.20 bits per heavy atom. The summed E-state index contributed by atoms with van der Waals surface area (Å²) in [6, 6.07) is 0. The fourth-order valence-electron chi connectivity index (χ4n) is 0.505. The van der Waals surface area contributed by atoms with Crippen molar-refractivity contribution in [2.24, 2.45) is 0 Å². The largest absolute Gasteiger partial charge is 0.393 e. The summed E-state index contributed by atoms with van der Waals surface area (Å²) < 4.78 is 22.3. The van der Waals surface area contributed by atoms with E-state index in [2.05, 4.69) is 0 Å². The van der Waals surface area contributed by atoms with Crippen LogP contribution in [0.15, 0.2) is 0 Å². The van der Waals surface area contributed by atoms with Crippen LogP contribution in [-0.4, -0.2) is 45.3 Å². The second-order valence-corrected chi connectivity index (χ2v) is 3.67. The summed E-state index contributed by atoms with van der Waals surface area (Å²) in [6.07, 6.45) is 1.34. The van der Waals surface area contributed by atoms with Crippen LogP contribution < -0.4 is 0 Å². The molecule has 3 nitrogen and oxygen atoms in total. The minimum Gasteiger partial charge on any atom is -0.393 e. The highest BCUT2D eigenvalue weighted by Gasteiger charge is 2.27. The van der Waals surface area contributed by atoms with Crippen molar-refractivity contribution in [1.82, 2.24) is 0 Å². The van der Waals surface area contributed by atoms with E-state index in [1.165, 1.54) is 6.26 Å². The van der Waals surface area contributed by atoms with E-state index in [4.69, 9.17) is 10.2 Å². The molecule has 2 N–H and O–H groups in total. The maximum absolute atomic E-state index is 11.9. The van der Waals surface area contributed by atoms with Crippen LogP contribution in [0.25, 0.3) is 0 Å². The number of aliphatic hydroxyl groups excluding tert-OH is 1. The molecule has 0 aliphatic heterocycles.